The molecular weight excluding hydrogens is 272 g/mol. The Kier molecular flexibility index (Phi) is 4.81. The van der Waals surface area contributed by atoms with E-state index < -0.39 is 5.97 Å². The van der Waals surface area contributed by atoms with E-state index in [2.05, 4.69) is 10.2 Å². The lowest BCUT2D eigenvalue weighted by molar-refractivity contribution is 0.0599. The predicted octanol–water partition coefficient (Wildman–Crippen LogP) is 2.66. The van der Waals surface area contributed by atoms with Crippen LogP contribution >= 0.6 is 0 Å². The first kappa shape index (κ1) is 14.9. The summed E-state index contributed by atoms with van der Waals surface area (Å²) in [6, 6.07) is 3.31. The van der Waals surface area contributed by atoms with Crippen LogP contribution < -0.4 is 9.47 Å². The van der Waals surface area contributed by atoms with E-state index >= 15 is 0 Å². The highest BCUT2D eigenvalue weighted by molar-refractivity contribution is 5.93. The van der Waals surface area contributed by atoms with Gasteiger partial charge in [-0.3, -0.25) is 5.10 Å². The predicted molar refractivity (Wildman–Crippen MR) is 77.7 cm³/mol. The second-order valence-corrected chi connectivity index (χ2v) is 4.19. The Morgan fingerprint density at radius 1 is 1.19 bits per heavy atom. The van der Waals surface area contributed by atoms with E-state index in [9.17, 15) is 4.79 Å². The number of ether oxygens (including phenoxy) is 3. The SMILES string of the molecule is CCOc1cc(C(=O)OC)cc(OCC)c1-c1cn[nH]c1. The lowest BCUT2D eigenvalue weighted by atomic mass is 10.0. The molecular formula is C15H18N2O4. The van der Waals surface area contributed by atoms with E-state index in [0.29, 0.717) is 30.3 Å². The minimum Gasteiger partial charge on any atom is -0.493 e. The number of H-pyrrole nitrogens is 1. The van der Waals surface area contributed by atoms with Crippen LogP contribution in [0.5, 0.6) is 11.5 Å². The number of hydrogen-bond acceptors (Lipinski definition) is 5. The van der Waals surface area contributed by atoms with Crippen LogP contribution in [0.2, 0.25) is 0 Å². The third-order valence-electron chi connectivity index (χ3n) is 2.87. The monoisotopic (exact) mass is 290 g/mol. The molecule has 0 radical (unpaired) electrons. The van der Waals surface area contributed by atoms with Gasteiger partial charge in [0.1, 0.15) is 11.5 Å². The van der Waals surface area contributed by atoms with Crippen LogP contribution in [0, 0.1) is 0 Å². The van der Waals surface area contributed by atoms with Crippen LogP contribution in [0.3, 0.4) is 0 Å². The zero-order chi connectivity index (χ0) is 15.2. The van der Waals surface area contributed by atoms with Crippen molar-refractivity contribution in [1.82, 2.24) is 10.2 Å². The first-order valence-electron chi connectivity index (χ1n) is 6.72. The first-order valence-corrected chi connectivity index (χ1v) is 6.72. The number of hydrogen-bond donors (Lipinski definition) is 1. The largest absolute Gasteiger partial charge is 0.493 e. The van der Waals surface area contributed by atoms with E-state index in [0.717, 1.165) is 11.1 Å². The normalized spacial score (nSPS) is 10.2. The van der Waals surface area contributed by atoms with Gasteiger partial charge in [-0.1, -0.05) is 0 Å². The highest BCUT2D eigenvalue weighted by Crippen LogP contribution is 2.39. The van der Waals surface area contributed by atoms with Crippen molar-refractivity contribution in [2.24, 2.45) is 0 Å². The summed E-state index contributed by atoms with van der Waals surface area (Å²) in [5, 5.41) is 6.71. The number of aromatic amines is 1. The smallest absolute Gasteiger partial charge is 0.338 e. The molecule has 0 aliphatic carbocycles. The highest BCUT2D eigenvalue weighted by Gasteiger charge is 2.19. The number of nitrogens with zero attached hydrogens (tertiary/aromatic N) is 1. The van der Waals surface area contributed by atoms with Gasteiger partial charge >= 0.3 is 5.97 Å². The molecule has 6 nitrogen and oxygen atoms in total. The molecule has 2 rings (SSSR count). The summed E-state index contributed by atoms with van der Waals surface area (Å²) < 4.78 is 16.1. The van der Waals surface area contributed by atoms with Crippen LogP contribution in [0.4, 0.5) is 0 Å². The molecule has 21 heavy (non-hydrogen) atoms. The summed E-state index contributed by atoms with van der Waals surface area (Å²) in [5.41, 5.74) is 1.98. The lowest BCUT2D eigenvalue weighted by Gasteiger charge is -2.15. The topological polar surface area (TPSA) is 73.4 Å². The minimum absolute atomic E-state index is 0.386. The summed E-state index contributed by atoms with van der Waals surface area (Å²) in [5.74, 6) is 0.686. The Bertz CT molecular complexity index is 581. The Morgan fingerprint density at radius 2 is 1.81 bits per heavy atom. The van der Waals surface area contributed by atoms with Crippen molar-refractivity contribution < 1.29 is 19.0 Å². The zero-order valence-corrected chi connectivity index (χ0v) is 12.3. The maximum atomic E-state index is 11.8. The molecule has 0 aliphatic rings. The maximum absolute atomic E-state index is 11.8. The lowest BCUT2D eigenvalue weighted by Crippen LogP contribution is -2.05. The summed E-state index contributed by atoms with van der Waals surface area (Å²) >= 11 is 0. The standard InChI is InChI=1S/C15H18N2O4/c1-4-20-12-6-10(15(18)19-3)7-13(21-5-2)14(12)11-8-16-17-9-11/h6-9H,4-5H2,1-3H3,(H,16,17). The molecule has 6 heteroatoms. The average molecular weight is 290 g/mol. The molecule has 0 atom stereocenters. The third kappa shape index (κ3) is 3.16. The van der Waals surface area contributed by atoms with Crippen LogP contribution in [0.15, 0.2) is 24.5 Å². The molecule has 0 bridgehead atoms. The molecule has 1 aromatic carbocycles. The van der Waals surface area contributed by atoms with Gasteiger partial charge in [-0.25, -0.2) is 4.79 Å². The molecule has 0 aliphatic heterocycles. The fourth-order valence-corrected chi connectivity index (χ4v) is 2.04. The number of aromatic nitrogens is 2. The van der Waals surface area contributed by atoms with E-state index in [1.165, 1.54) is 7.11 Å². The van der Waals surface area contributed by atoms with E-state index in [1.807, 2.05) is 13.8 Å². The summed E-state index contributed by atoms with van der Waals surface area (Å²) in [4.78, 5) is 11.8. The van der Waals surface area contributed by atoms with Crippen LogP contribution in [0.25, 0.3) is 11.1 Å². The van der Waals surface area contributed by atoms with Crippen molar-refractivity contribution in [2.45, 2.75) is 13.8 Å². The number of benzene rings is 1. The molecule has 0 saturated carbocycles. The molecule has 2 aromatic rings. The second-order valence-electron chi connectivity index (χ2n) is 4.19. The number of esters is 1. The molecule has 1 aromatic heterocycles. The minimum atomic E-state index is -0.435. The van der Waals surface area contributed by atoms with Gasteiger partial charge in [0.15, 0.2) is 0 Å². The van der Waals surface area contributed by atoms with Crippen molar-refractivity contribution in [1.29, 1.82) is 0 Å². The van der Waals surface area contributed by atoms with Gasteiger partial charge in [0.25, 0.3) is 0 Å². The van der Waals surface area contributed by atoms with E-state index in [4.69, 9.17) is 14.2 Å². The van der Waals surface area contributed by atoms with Crippen molar-refractivity contribution in [3.63, 3.8) is 0 Å². The number of carbonyl (C=O) groups excluding carboxylic acids is 1. The Hall–Kier alpha value is -2.50. The molecule has 0 fully saturated rings. The van der Waals surface area contributed by atoms with Crippen molar-refractivity contribution in [2.75, 3.05) is 20.3 Å². The summed E-state index contributed by atoms with van der Waals surface area (Å²) in [6.07, 6.45) is 3.43. The maximum Gasteiger partial charge on any atom is 0.338 e. The molecule has 0 unspecified atom stereocenters. The van der Waals surface area contributed by atoms with Crippen LogP contribution in [0.1, 0.15) is 24.2 Å². The molecule has 1 heterocycles. The Morgan fingerprint density at radius 3 is 2.24 bits per heavy atom. The van der Waals surface area contributed by atoms with Gasteiger partial charge in [0.2, 0.25) is 0 Å². The fraction of sp³-hybridized carbons (Fsp3) is 0.333. The first-order chi connectivity index (χ1) is 10.2. The quantitative estimate of drug-likeness (QED) is 0.828. The second kappa shape index (κ2) is 6.78. The average Bonchev–Trinajstić information content (AvgIpc) is 3.00. The number of rotatable bonds is 6. The third-order valence-corrected chi connectivity index (χ3v) is 2.87. The summed E-state index contributed by atoms with van der Waals surface area (Å²) in [6.45, 7) is 4.71. The summed E-state index contributed by atoms with van der Waals surface area (Å²) in [7, 11) is 1.34. The van der Waals surface area contributed by atoms with Crippen molar-refractivity contribution >= 4 is 5.97 Å². The van der Waals surface area contributed by atoms with E-state index in [1.54, 1.807) is 24.5 Å². The molecule has 0 spiro atoms. The molecule has 1 N–H and O–H groups in total. The van der Waals surface area contributed by atoms with Gasteiger partial charge < -0.3 is 14.2 Å². The van der Waals surface area contributed by atoms with E-state index in [-0.39, 0.29) is 0 Å². The van der Waals surface area contributed by atoms with Gasteiger partial charge in [0.05, 0.1) is 37.6 Å². The Labute approximate surface area is 123 Å². The number of methoxy groups -OCH3 is 1. The molecule has 0 saturated heterocycles. The molecule has 0 amide bonds. The molecule has 112 valence electrons. The zero-order valence-electron chi connectivity index (χ0n) is 12.3. The van der Waals surface area contributed by atoms with Crippen molar-refractivity contribution in [3.8, 4) is 22.6 Å². The van der Waals surface area contributed by atoms with Crippen molar-refractivity contribution in [3.05, 3.63) is 30.1 Å². The Balaban J connectivity index is 2.62. The van der Waals surface area contributed by atoms with Crippen LogP contribution in [-0.2, 0) is 4.74 Å². The van der Waals surface area contributed by atoms with Gasteiger partial charge in [-0.15, -0.1) is 0 Å². The number of nitrogens with one attached hydrogen (secondary N) is 1. The number of carbonyl (C=O) groups is 1. The van der Waals surface area contributed by atoms with Gasteiger partial charge in [-0.2, -0.15) is 5.10 Å². The van der Waals surface area contributed by atoms with Gasteiger partial charge in [0, 0.05) is 11.8 Å². The van der Waals surface area contributed by atoms with Gasteiger partial charge in [-0.05, 0) is 26.0 Å². The fourth-order valence-electron chi connectivity index (χ4n) is 2.04. The highest BCUT2D eigenvalue weighted by atomic mass is 16.5. The van der Waals surface area contributed by atoms with Crippen LogP contribution in [-0.4, -0.2) is 36.5 Å².